The molecule has 0 unspecified atom stereocenters. The second-order valence-electron chi connectivity index (χ2n) is 4.85. The zero-order valence-electron chi connectivity index (χ0n) is 11.9. The lowest BCUT2D eigenvalue weighted by atomic mass is 10.3. The number of aryl methyl sites for hydroxylation is 1. The molecule has 1 aliphatic heterocycles. The molecule has 0 atom stereocenters. The molecule has 0 saturated carbocycles. The van der Waals surface area contributed by atoms with Crippen LogP contribution < -0.4 is 16.0 Å². The Kier molecular flexibility index (Phi) is 3.83. The number of nitrogens with zero attached hydrogens (tertiary/aromatic N) is 4. The van der Waals surface area contributed by atoms with Crippen molar-refractivity contribution in [1.29, 1.82) is 0 Å². The normalized spacial score (nSPS) is 15.0. The molecule has 21 heavy (non-hydrogen) atoms. The van der Waals surface area contributed by atoms with Crippen LogP contribution in [0, 0.1) is 6.92 Å². The van der Waals surface area contributed by atoms with Crippen LogP contribution in [-0.4, -0.2) is 41.3 Å². The molecule has 0 aliphatic carbocycles. The number of ether oxygens (including phenoxy) is 1. The summed E-state index contributed by atoms with van der Waals surface area (Å²) in [5, 5.41) is 3.15. The van der Waals surface area contributed by atoms with Gasteiger partial charge >= 0.3 is 0 Å². The molecule has 110 valence electrons. The maximum Gasteiger partial charge on any atom is 0.160 e. The molecule has 3 N–H and O–H groups in total. The van der Waals surface area contributed by atoms with E-state index in [1.807, 2.05) is 25.1 Å². The predicted molar refractivity (Wildman–Crippen MR) is 81.7 cm³/mol. The van der Waals surface area contributed by atoms with E-state index in [1.165, 1.54) is 6.33 Å². The highest BCUT2D eigenvalue weighted by Crippen LogP contribution is 2.28. The van der Waals surface area contributed by atoms with Crippen LogP contribution in [0.2, 0.25) is 0 Å². The van der Waals surface area contributed by atoms with Gasteiger partial charge in [0.2, 0.25) is 0 Å². The largest absolute Gasteiger partial charge is 0.393 e. The number of nitrogens with two attached hydrogens (primary N) is 1. The molecule has 3 heterocycles. The van der Waals surface area contributed by atoms with Crippen LogP contribution in [0.15, 0.2) is 24.5 Å². The van der Waals surface area contributed by atoms with Gasteiger partial charge in [-0.1, -0.05) is 6.07 Å². The van der Waals surface area contributed by atoms with E-state index in [2.05, 4.69) is 25.2 Å². The third kappa shape index (κ3) is 3.03. The van der Waals surface area contributed by atoms with E-state index in [0.717, 1.165) is 24.6 Å². The molecule has 7 nitrogen and oxygen atoms in total. The van der Waals surface area contributed by atoms with Crippen molar-refractivity contribution >= 4 is 23.1 Å². The van der Waals surface area contributed by atoms with Crippen molar-refractivity contribution in [2.24, 2.45) is 0 Å². The molecular weight excluding hydrogens is 268 g/mol. The first-order valence-electron chi connectivity index (χ1n) is 6.88. The maximum absolute atomic E-state index is 6.20. The van der Waals surface area contributed by atoms with E-state index in [0.29, 0.717) is 30.5 Å². The zero-order valence-corrected chi connectivity index (χ0v) is 11.9. The van der Waals surface area contributed by atoms with E-state index < -0.39 is 0 Å². The molecule has 0 amide bonds. The van der Waals surface area contributed by atoms with Gasteiger partial charge in [-0.25, -0.2) is 15.0 Å². The summed E-state index contributed by atoms with van der Waals surface area (Å²) in [6.45, 7) is 4.87. The number of rotatable bonds is 3. The van der Waals surface area contributed by atoms with E-state index in [1.54, 1.807) is 0 Å². The Morgan fingerprint density at radius 2 is 2.05 bits per heavy atom. The fraction of sp³-hybridized carbons (Fsp3) is 0.357. The average Bonchev–Trinajstić information content (AvgIpc) is 2.50. The summed E-state index contributed by atoms with van der Waals surface area (Å²) in [6, 6.07) is 5.75. The van der Waals surface area contributed by atoms with Gasteiger partial charge in [-0.15, -0.1) is 0 Å². The number of hydrogen-bond acceptors (Lipinski definition) is 7. The molecule has 0 aromatic carbocycles. The van der Waals surface area contributed by atoms with Crippen LogP contribution in [0.4, 0.5) is 23.1 Å². The summed E-state index contributed by atoms with van der Waals surface area (Å²) in [6.07, 6.45) is 1.51. The fourth-order valence-corrected chi connectivity index (χ4v) is 2.25. The number of aromatic nitrogens is 3. The molecule has 1 saturated heterocycles. The van der Waals surface area contributed by atoms with Gasteiger partial charge in [-0.05, 0) is 19.1 Å². The van der Waals surface area contributed by atoms with E-state index in [4.69, 9.17) is 10.5 Å². The Balaban J connectivity index is 1.86. The molecule has 0 radical (unpaired) electrons. The van der Waals surface area contributed by atoms with Crippen LogP contribution in [0.3, 0.4) is 0 Å². The lowest BCUT2D eigenvalue weighted by Crippen LogP contribution is -2.37. The predicted octanol–water partition coefficient (Wildman–Crippen LogP) is 1.34. The lowest BCUT2D eigenvalue weighted by Gasteiger charge is -2.28. The lowest BCUT2D eigenvalue weighted by molar-refractivity contribution is 0.122. The number of nitrogens with one attached hydrogen (secondary N) is 1. The SMILES string of the molecule is Cc1cccc(Nc2ncnc(N3CCOCC3)c2N)n1. The Morgan fingerprint density at radius 3 is 2.81 bits per heavy atom. The Labute approximate surface area is 123 Å². The van der Waals surface area contributed by atoms with Crippen molar-refractivity contribution in [3.05, 3.63) is 30.2 Å². The van der Waals surface area contributed by atoms with Gasteiger partial charge in [0, 0.05) is 18.8 Å². The van der Waals surface area contributed by atoms with Gasteiger partial charge in [0.05, 0.1) is 13.2 Å². The van der Waals surface area contributed by atoms with Crippen LogP contribution in [0.1, 0.15) is 5.69 Å². The number of anilines is 4. The number of morpholine rings is 1. The summed E-state index contributed by atoms with van der Waals surface area (Å²) in [4.78, 5) is 15.0. The van der Waals surface area contributed by atoms with Gasteiger partial charge < -0.3 is 20.7 Å². The van der Waals surface area contributed by atoms with Crippen LogP contribution >= 0.6 is 0 Å². The topological polar surface area (TPSA) is 89.2 Å². The monoisotopic (exact) mass is 286 g/mol. The third-order valence-electron chi connectivity index (χ3n) is 3.31. The summed E-state index contributed by atoms with van der Waals surface area (Å²) in [5.41, 5.74) is 7.66. The van der Waals surface area contributed by atoms with Crippen molar-refractivity contribution in [3.8, 4) is 0 Å². The van der Waals surface area contributed by atoms with Crippen molar-refractivity contribution in [1.82, 2.24) is 15.0 Å². The molecule has 2 aromatic heterocycles. The number of nitrogen functional groups attached to an aromatic ring is 1. The quantitative estimate of drug-likeness (QED) is 0.880. The highest BCUT2D eigenvalue weighted by molar-refractivity contribution is 5.77. The second kappa shape index (κ2) is 5.92. The summed E-state index contributed by atoms with van der Waals surface area (Å²) in [7, 11) is 0. The molecule has 7 heteroatoms. The molecule has 1 aliphatic rings. The smallest absolute Gasteiger partial charge is 0.160 e. The highest BCUT2D eigenvalue weighted by Gasteiger charge is 2.17. The van der Waals surface area contributed by atoms with Crippen LogP contribution in [0.25, 0.3) is 0 Å². The fourth-order valence-electron chi connectivity index (χ4n) is 2.25. The van der Waals surface area contributed by atoms with Crippen molar-refractivity contribution in [2.45, 2.75) is 6.92 Å². The van der Waals surface area contributed by atoms with E-state index in [9.17, 15) is 0 Å². The second-order valence-corrected chi connectivity index (χ2v) is 4.85. The van der Waals surface area contributed by atoms with Gasteiger partial charge in [-0.2, -0.15) is 0 Å². The molecular formula is C14H18N6O. The van der Waals surface area contributed by atoms with Gasteiger partial charge in [0.1, 0.15) is 17.8 Å². The first-order valence-corrected chi connectivity index (χ1v) is 6.88. The Morgan fingerprint density at radius 1 is 1.24 bits per heavy atom. The van der Waals surface area contributed by atoms with Gasteiger partial charge in [0.15, 0.2) is 11.6 Å². The minimum Gasteiger partial charge on any atom is -0.393 e. The van der Waals surface area contributed by atoms with Crippen LogP contribution in [-0.2, 0) is 4.74 Å². The highest BCUT2D eigenvalue weighted by atomic mass is 16.5. The summed E-state index contributed by atoms with van der Waals surface area (Å²) >= 11 is 0. The molecule has 0 spiro atoms. The maximum atomic E-state index is 6.20. The molecule has 0 bridgehead atoms. The first kappa shape index (κ1) is 13.6. The minimum atomic E-state index is 0.530. The standard InChI is InChI=1S/C14H18N6O/c1-10-3-2-4-11(18-10)19-13-12(15)14(17-9-16-13)20-5-7-21-8-6-20/h2-4,9H,5-8,15H2,1H3,(H,16,17,18,19). The van der Waals surface area contributed by atoms with Crippen molar-refractivity contribution in [3.63, 3.8) is 0 Å². The summed E-state index contributed by atoms with van der Waals surface area (Å²) < 4.78 is 5.35. The molecule has 2 aromatic rings. The van der Waals surface area contributed by atoms with E-state index in [-0.39, 0.29) is 0 Å². The zero-order chi connectivity index (χ0) is 14.7. The molecule has 1 fully saturated rings. The van der Waals surface area contributed by atoms with Crippen molar-refractivity contribution in [2.75, 3.05) is 42.3 Å². The Bertz CT molecular complexity index is 627. The number of pyridine rings is 1. The Hall–Kier alpha value is -2.41. The van der Waals surface area contributed by atoms with E-state index >= 15 is 0 Å². The minimum absolute atomic E-state index is 0.530. The average molecular weight is 286 g/mol. The number of hydrogen-bond donors (Lipinski definition) is 2. The van der Waals surface area contributed by atoms with Gasteiger partial charge in [0.25, 0.3) is 0 Å². The summed E-state index contributed by atoms with van der Waals surface area (Å²) in [5.74, 6) is 2.03. The molecule has 3 rings (SSSR count). The van der Waals surface area contributed by atoms with Gasteiger partial charge in [-0.3, -0.25) is 0 Å². The third-order valence-corrected chi connectivity index (χ3v) is 3.31. The first-order chi connectivity index (χ1) is 10.2. The van der Waals surface area contributed by atoms with Crippen molar-refractivity contribution < 1.29 is 4.74 Å². The van der Waals surface area contributed by atoms with Crippen LogP contribution in [0.5, 0.6) is 0 Å².